The summed E-state index contributed by atoms with van der Waals surface area (Å²) in [6.07, 6.45) is 1.83. The number of halogens is 1. The fourth-order valence-electron chi connectivity index (χ4n) is 2.32. The lowest BCUT2D eigenvalue weighted by Gasteiger charge is -2.32. The normalized spacial score (nSPS) is 19.6. The summed E-state index contributed by atoms with van der Waals surface area (Å²) in [5.41, 5.74) is 0. The molecule has 0 radical (unpaired) electrons. The molecule has 112 valence electrons. The van der Waals surface area contributed by atoms with Gasteiger partial charge in [-0.15, -0.1) is 16.4 Å². The van der Waals surface area contributed by atoms with Crippen molar-refractivity contribution < 1.29 is 4.74 Å². The maximum atomic E-state index is 5.98. The van der Waals surface area contributed by atoms with Crippen LogP contribution in [0.4, 0.5) is 5.82 Å². The number of nitrogens with zero attached hydrogens (tertiary/aromatic N) is 3. The molecule has 1 N–H and O–H groups in total. The summed E-state index contributed by atoms with van der Waals surface area (Å²) >= 11 is 7.62. The molecule has 2 aromatic heterocycles. The topological polar surface area (TPSA) is 50.3 Å². The molecule has 1 fully saturated rings. The Kier molecular flexibility index (Phi) is 5.03. The van der Waals surface area contributed by atoms with E-state index >= 15 is 0 Å². The van der Waals surface area contributed by atoms with Gasteiger partial charge in [0.15, 0.2) is 0 Å². The number of morpholine rings is 1. The number of rotatable bonds is 5. The third kappa shape index (κ3) is 4.38. The largest absolute Gasteiger partial charge is 0.374 e. The van der Waals surface area contributed by atoms with Gasteiger partial charge in [0.05, 0.1) is 17.0 Å². The van der Waals surface area contributed by atoms with Crippen molar-refractivity contribution in [1.82, 2.24) is 15.1 Å². The predicted molar refractivity (Wildman–Crippen MR) is 84.9 cm³/mol. The molecular weight excluding hydrogens is 308 g/mol. The van der Waals surface area contributed by atoms with Crippen LogP contribution in [0.15, 0.2) is 30.5 Å². The second kappa shape index (κ2) is 7.17. The molecule has 0 aliphatic carbocycles. The van der Waals surface area contributed by atoms with Crippen LogP contribution in [0.25, 0.3) is 0 Å². The summed E-state index contributed by atoms with van der Waals surface area (Å²) in [5, 5.41) is 11.1. The Hall–Kier alpha value is -1.21. The fraction of sp³-hybridized carbons (Fsp3) is 0.429. The average molecular weight is 325 g/mol. The molecule has 0 spiro atoms. The maximum Gasteiger partial charge on any atom is 0.148 e. The summed E-state index contributed by atoms with van der Waals surface area (Å²) in [5.74, 6) is 0.781. The number of ether oxygens (including phenoxy) is 1. The van der Waals surface area contributed by atoms with E-state index in [9.17, 15) is 0 Å². The second-order valence-electron chi connectivity index (χ2n) is 4.92. The molecule has 7 heteroatoms. The van der Waals surface area contributed by atoms with Crippen molar-refractivity contribution in [1.29, 1.82) is 0 Å². The van der Waals surface area contributed by atoms with Crippen LogP contribution in [0.3, 0.4) is 0 Å². The van der Waals surface area contributed by atoms with Crippen molar-refractivity contribution in [3.8, 4) is 0 Å². The van der Waals surface area contributed by atoms with E-state index in [1.165, 1.54) is 4.88 Å². The number of anilines is 1. The minimum absolute atomic E-state index is 0.163. The highest BCUT2D eigenvalue weighted by Crippen LogP contribution is 2.23. The number of aromatic nitrogens is 2. The van der Waals surface area contributed by atoms with Gasteiger partial charge in [0.2, 0.25) is 0 Å². The van der Waals surface area contributed by atoms with Crippen molar-refractivity contribution in [2.75, 3.05) is 31.6 Å². The van der Waals surface area contributed by atoms with Crippen molar-refractivity contribution in [2.24, 2.45) is 0 Å². The van der Waals surface area contributed by atoms with E-state index < -0.39 is 0 Å². The van der Waals surface area contributed by atoms with Crippen molar-refractivity contribution in [3.05, 3.63) is 39.7 Å². The van der Waals surface area contributed by atoms with Gasteiger partial charge in [0.1, 0.15) is 5.82 Å². The van der Waals surface area contributed by atoms with E-state index in [0.717, 1.165) is 42.9 Å². The molecular formula is C14H17ClN4OS. The van der Waals surface area contributed by atoms with Crippen LogP contribution in [0.1, 0.15) is 4.88 Å². The van der Waals surface area contributed by atoms with Crippen LogP contribution in [-0.4, -0.2) is 47.4 Å². The standard InChI is InChI=1S/C14H17ClN4OS/c15-13-4-3-12(21-13)10-19-6-7-20-11(9-19)8-16-14-2-1-5-17-18-14/h1-5,11H,6-10H2,(H,16,18). The zero-order valence-corrected chi connectivity index (χ0v) is 13.1. The van der Waals surface area contributed by atoms with Crippen LogP contribution < -0.4 is 5.32 Å². The van der Waals surface area contributed by atoms with Crippen LogP contribution in [0.2, 0.25) is 4.34 Å². The molecule has 1 saturated heterocycles. The highest BCUT2D eigenvalue weighted by Gasteiger charge is 2.20. The number of hydrogen-bond donors (Lipinski definition) is 1. The molecule has 5 nitrogen and oxygen atoms in total. The first-order chi connectivity index (χ1) is 10.3. The Morgan fingerprint density at radius 2 is 2.38 bits per heavy atom. The van der Waals surface area contributed by atoms with E-state index in [2.05, 4.69) is 26.5 Å². The van der Waals surface area contributed by atoms with Crippen LogP contribution >= 0.6 is 22.9 Å². The van der Waals surface area contributed by atoms with E-state index in [0.29, 0.717) is 0 Å². The van der Waals surface area contributed by atoms with Crippen LogP contribution in [0.5, 0.6) is 0 Å². The van der Waals surface area contributed by atoms with Crippen molar-refractivity contribution >= 4 is 28.8 Å². The van der Waals surface area contributed by atoms with Gasteiger partial charge in [-0.3, -0.25) is 4.90 Å². The molecule has 0 aromatic carbocycles. The maximum absolute atomic E-state index is 5.98. The minimum Gasteiger partial charge on any atom is -0.374 e. The van der Waals surface area contributed by atoms with E-state index in [1.54, 1.807) is 17.5 Å². The quantitative estimate of drug-likeness (QED) is 0.915. The number of hydrogen-bond acceptors (Lipinski definition) is 6. The fourth-order valence-corrected chi connectivity index (χ4v) is 3.45. The second-order valence-corrected chi connectivity index (χ2v) is 6.72. The monoisotopic (exact) mass is 324 g/mol. The molecule has 0 saturated carbocycles. The van der Waals surface area contributed by atoms with Gasteiger partial charge in [-0.25, -0.2) is 0 Å². The SMILES string of the molecule is Clc1ccc(CN2CCOC(CNc3cccnn3)C2)s1. The lowest BCUT2D eigenvalue weighted by Crippen LogP contribution is -2.44. The minimum atomic E-state index is 0.163. The zero-order chi connectivity index (χ0) is 14.5. The molecule has 1 atom stereocenters. The van der Waals surface area contributed by atoms with Gasteiger partial charge >= 0.3 is 0 Å². The summed E-state index contributed by atoms with van der Waals surface area (Å²) in [7, 11) is 0. The highest BCUT2D eigenvalue weighted by molar-refractivity contribution is 7.16. The van der Waals surface area contributed by atoms with Crippen molar-refractivity contribution in [2.45, 2.75) is 12.6 Å². The third-order valence-corrected chi connectivity index (χ3v) is 4.53. The van der Waals surface area contributed by atoms with Gasteiger partial charge in [0, 0.05) is 37.3 Å². The Morgan fingerprint density at radius 3 is 3.14 bits per heavy atom. The van der Waals surface area contributed by atoms with Crippen LogP contribution in [-0.2, 0) is 11.3 Å². The molecule has 2 aromatic rings. The van der Waals surface area contributed by atoms with Gasteiger partial charge in [-0.05, 0) is 24.3 Å². The first-order valence-corrected chi connectivity index (χ1v) is 8.09. The highest BCUT2D eigenvalue weighted by atomic mass is 35.5. The van der Waals surface area contributed by atoms with E-state index in [1.807, 2.05) is 18.2 Å². The van der Waals surface area contributed by atoms with Gasteiger partial charge in [-0.1, -0.05) is 11.6 Å². The summed E-state index contributed by atoms with van der Waals surface area (Å²) in [4.78, 5) is 3.69. The Morgan fingerprint density at radius 1 is 1.43 bits per heavy atom. The summed E-state index contributed by atoms with van der Waals surface area (Å²) < 4.78 is 6.64. The molecule has 3 heterocycles. The van der Waals surface area contributed by atoms with Gasteiger partial charge in [-0.2, -0.15) is 5.10 Å². The Labute approximate surface area is 132 Å². The smallest absolute Gasteiger partial charge is 0.148 e. The molecule has 1 aliphatic heterocycles. The predicted octanol–water partition coefficient (Wildman–Crippen LogP) is 2.50. The Bertz CT molecular complexity index is 565. The molecule has 0 amide bonds. The summed E-state index contributed by atoms with van der Waals surface area (Å²) in [6, 6.07) is 7.82. The average Bonchev–Trinajstić information content (AvgIpc) is 2.92. The Balaban J connectivity index is 1.49. The zero-order valence-electron chi connectivity index (χ0n) is 11.5. The molecule has 3 rings (SSSR count). The summed E-state index contributed by atoms with van der Waals surface area (Å²) in [6.45, 7) is 4.29. The van der Waals surface area contributed by atoms with E-state index in [-0.39, 0.29) is 6.10 Å². The number of nitrogens with one attached hydrogen (secondary N) is 1. The van der Waals surface area contributed by atoms with Crippen molar-refractivity contribution in [3.63, 3.8) is 0 Å². The molecule has 0 bridgehead atoms. The van der Waals surface area contributed by atoms with Gasteiger partial charge in [0.25, 0.3) is 0 Å². The van der Waals surface area contributed by atoms with Crippen LogP contribution in [0, 0.1) is 0 Å². The number of thiophene rings is 1. The first kappa shape index (κ1) is 14.7. The van der Waals surface area contributed by atoms with E-state index in [4.69, 9.17) is 16.3 Å². The molecule has 1 aliphatic rings. The molecule has 21 heavy (non-hydrogen) atoms. The molecule has 1 unspecified atom stereocenters. The first-order valence-electron chi connectivity index (χ1n) is 6.89. The lowest BCUT2D eigenvalue weighted by molar-refractivity contribution is -0.0237. The van der Waals surface area contributed by atoms with Gasteiger partial charge < -0.3 is 10.1 Å². The lowest BCUT2D eigenvalue weighted by atomic mass is 10.2. The third-order valence-electron chi connectivity index (χ3n) is 3.31.